The van der Waals surface area contributed by atoms with E-state index in [1.807, 2.05) is 32.2 Å². The summed E-state index contributed by atoms with van der Waals surface area (Å²) in [6.45, 7) is 2.14. The van der Waals surface area contributed by atoms with E-state index in [-0.39, 0.29) is 12.5 Å². The number of hydrogen-bond acceptors (Lipinski definition) is 3. The SMILES string of the molecule is Cc1cc(N(C)CC(N)=O)ccc1N. The Balaban J connectivity index is 2.85. The normalized spacial score (nSPS) is 9.86. The first kappa shape index (κ1) is 10.4. The summed E-state index contributed by atoms with van der Waals surface area (Å²) in [5, 5.41) is 0. The van der Waals surface area contributed by atoms with Crippen LogP contribution >= 0.6 is 0 Å². The van der Waals surface area contributed by atoms with Crippen LogP contribution in [0.4, 0.5) is 11.4 Å². The number of nitrogens with zero attached hydrogens (tertiary/aromatic N) is 1. The lowest BCUT2D eigenvalue weighted by atomic mass is 10.2. The highest BCUT2D eigenvalue weighted by atomic mass is 16.1. The molecule has 1 aromatic rings. The van der Waals surface area contributed by atoms with Crippen molar-refractivity contribution in [1.29, 1.82) is 0 Å². The van der Waals surface area contributed by atoms with Crippen LogP contribution in [0.3, 0.4) is 0 Å². The molecule has 0 saturated carbocycles. The number of primary amides is 1. The molecule has 4 N–H and O–H groups in total. The summed E-state index contributed by atoms with van der Waals surface area (Å²) in [5.74, 6) is -0.345. The van der Waals surface area contributed by atoms with Crippen molar-refractivity contribution in [3.8, 4) is 0 Å². The Morgan fingerprint density at radius 1 is 1.50 bits per heavy atom. The van der Waals surface area contributed by atoms with Crippen molar-refractivity contribution >= 4 is 17.3 Å². The van der Waals surface area contributed by atoms with E-state index in [0.29, 0.717) is 0 Å². The molecule has 0 fully saturated rings. The highest BCUT2D eigenvalue weighted by Gasteiger charge is 2.04. The van der Waals surface area contributed by atoms with E-state index in [1.165, 1.54) is 0 Å². The lowest BCUT2D eigenvalue weighted by Crippen LogP contribution is -2.30. The highest BCUT2D eigenvalue weighted by Crippen LogP contribution is 2.19. The molecule has 0 atom stereocenters. The first-order valence-electron chi connectivity index (χ1n) is 4.36. The largest absolute Gasteiger partial charge is 0.399 e. The van der Waals surface area contributed by atoms with Gasteiger partial charge >= 0.3 is 0 Å². The minimum atomic E-state index is -0.345. The third kappa shape index (κ3) is 2.39. The Morgan fingerprint density at radius 3 is 2.64 bits per heavy atom. The summed E-state index contributed by atoms with van der Waals surface area (Å²) in [4.78, 5) is 12.5. The van der Waals surface area contributed by atoms with Crippen LogP contribution in [0.2, 0.25) is 0 Å². The van der Waals surface area contributed by atoms with Crippen LogP contribution in [0, 0.1) is 6.92 Å². The number of aryl methyl sites for hydroxylation is 1. The molecule has 1 amide bonds. The van der Waals surface area contributed by atoms with Crippen molar-refractivity contribution in [2.75, 3.05) is 24.2 Å². The second-order valence-electron chi connectivity index (χ2n) is 3.36. The summed E-state index contributed by atoms with van der Waals surface area (Å²) in [7, 11) is 1.82. The van der Waals surface area contributed by atoms with Gasteiger partial charge in [0.15, 0.2) is 0 Å². The second-order valence-corrected chi connectivity index (χ2v) is 3.36. The summed E-state index contributed by atoms with van der Waals surface area (Å²) < 4.78 is 0. The van der Waals surface area contributed by atoms with Crippen molar-refractivity contribution in [2.24, 2.45) is 5.73 Å². The Hall–Kier alpha value is -1.71. The Bertz CT molecular complexity index is 349. The molecular weight excluding hydrogens is 178 g/mol. The van der Waals surface area contributed by atoms with Crippen LogP contribution in [-0.4, -0.2) is 19.5 Å². The molecule has 4 heteroatoms. The second kappa shape index (κ2) is 4.00. The molecule has 0 aliphatic carbocycles. The van der Waals surface area contributed by atoms with Gasteiger partial charge in [-0.3, -0.25) is 4.79 Å². The van der Waals surface area contributed by atoms with E-state index < -0.39 is 0 Å². The third-order valence-electron chi connectivity index (χ3n) is 2.09. The summed E-state index contributed by atoms with van der Waals surface area (Å²) in [6.07, 6.45) is 0. The minimum absolute atomic E-state index is 0.212. The standard InChI is InChI=1S/C10H15N3O/c1-7-5-8(3-4-9(7)11)13(2)6-10(12)14/h3-5H,6,11H2,1-2H3,(H2,12,14). The summed E-state index contributed by atoms with van der Waals surface area (Å²) in [5.41, 5.74) is 13.5. The average molecular weight is 193 g/mol. The number of rotatable bonds is 3. The predicted octanol–water partition coefficient (Wildman–Crippen LogP) is 0.499. The first-order valence-corrected chi connectivity index (χ1v) is 4.36. The van der Waals surface area contributed by atoms with Gasteiger partial charge in [0.2, 0.25) is 5.91 Å². The van der Waals surface area contributed by atoms with E-state index in [0.717, 1.165) is 16.9 Å². The van der Waals surface area contributed by atoms with Gasteiger partial charge in [-0.25, -0.2) is 0 Å². The average Bonchev–Trinajstić information content (AvgIpc) is 2.08. The van der Waals surface area contributed by atoms with E-state index in [2.05, 4.69) is 0 Å². The molecule has 76 valence electrons. The van der Waals surface area contributed by atoms with Gasteiger partial charge in [0, 0.05) is 18.4 Å². The number of carbonyl (C=O) groups excluding carboxylic acids is 1. The van der Waals surface area contributed by atoms with E-state index in [1.54, 1.807) is 4.90 Å². The van der Waals surface area contributed by atoms with E-state index >= 15 is 0 Å². The number of amides is 1. The van der Waals surface area contributed by atoms with Crippen molar-refractivity contribution in [3.05, 3.63) is 23.8 Å². The number of benzene rings is 1. The number of anilines is 2. The van der Waals surface area contributed by atoms with E-state index in [4.69, 9.17) is 11.5 Å². The molecule has 0 saturated heterocycles. The van der Waals surface area contributed by atoms with Crippen LogP contribution < -0.4 is 16.4 Å². The van der Waals surface area contributed by atoms with Gasteiger partial charge < -0.3 is 16.4 Å². The van der Waals surface area contributed by atoms with Crippen LogP contribution in [0.25, 0.3) is 0 Å². The van der Waals surface area contributed by atoms with Gasteiger partial charge in [0.25, 0.3) is 0 Å². The number of likely N-dealkylation sites (N-methyl/N-ethyl adjacent to an activating group) is 1. The van der Waals surface area contributed by atoms with Crippen LogP contribution in [0.15, 0.2) is 18.2 Å². The van der Waals surface area contributed by atoms with Gasteiger partial charge in [0.05, 0.1) is 6.54 Å². The molecule has 1 rings (SSSR count). The van der Waals surface area contributed by atoms with Crippen molar-refractivity contribution in [3.63, 3.8) is 0 Å². The maximum Gasteiger partial charge on any atom is 0.236 e. The molecule has 0 bridgehead atoms. The zero-order chi connectivity index (χ0) is 10.7. The van der Waals surface area contributed by atoms with Crippen molar-refractivity contribution in [1.82, 2.24) is 0 Å². The van der Waals surface area contributed by atoms with Gasteiger partial charge in [-0.05, 0) is 30.7 Å². The maximum atomic E-state index is 10.7. The molecule has 4 nitrogen and oxygen atoms in total. The fourth-order valence-electron chi connectivity index (χ4n) is 1.22. The fourth-order valence-corrected chi connectivity index (χ4v) is 1.22. The molecular formula is C10H15N3O. The molecule has 0 unspecified atom stereocenters. The van der Waals surface area contributed by atoms with Gasteiger partial charge in [-0.2, -0.15) is 0 Å². The number of nitrogens with two attached hydrogens (primary N) is 2. The Kier molecular flexibility index (Phi) is 2.96. The quantitative estimate of drug-likeness (QED) is 0.686. The predicted molar refractivity (Wildman–Crippen MR) is 58.1 cm³/mol. The first-order chi connectivity index (χ1) is 6.50. The molecule has 0 aliphatic heterocycles. The summed E-state index contributed by atoms with van der Waals surface area (Å²) in [6, 6.07) is 5.62. The summed E-state index contributed by atoms with van der Waals surface area (Å²) >= 11 is 0. The zero-order valence-electron chi connectivity index (χ0n) is 8.45. The van der Waals surface area contributed by atoms with Gasteiger partial charge in [0.1, 0.15) is 0 Å². The van der Waals surface area contributed by atoms with Crippen LogP contribution in [0.1, 0.15) is 5.56 Å². The van der Waals surface area contributed by atoms with Crippen LogP contribution in [0.5, 0.6) is 0 Å². The lowest BCUT2D eigenvalue weighted by Gasteiger charge is -2.18. The third-order valence-corrected chi connectivity index (χ3v) is 2.09. The smallest absolute Gasteiger partial charge is 0.236 e. The van der Waals surface area contributed by atoms with E-state index in [9.17, 15) is 4.79 Å². The minimum Gasteiger partial charge on any atom is -0.399 e. The molecule has 0 spiro atoms. The topological polar surface area (TPSA) is 72.3 Å². The number of hydrogen-bond donors (Lipinski definition) is 2. The Morgan fingerprint density at radius 2 is 2.14 bits per heavy atom. The molecule has 0 heterocycles. The Labute approximate surface area is 83.5 Å². The molecule has 0 radical (unpaired) electrons. The monoisotopic (exact) mass is 193 g/mol. The zero-order valence-corrected chi connectivity index (χ0v) is 8.45. The van der Waals surface area contributed by atoms with Gasteiger partial charge in [-0.1, -0.05) is 0 Å². The lowest BCUT2D eigenvalue weighted by molar-refractivity contribution is -0.116. The van der Waals surface area contributed by atoms with Crippen molar-refractivity contribution < 1.29 is 4.79 Å². The van der Waals surface area contributed by atoms with Crippen molar-refractivity contribution in [2.45, 2.75) is 6.92 Å². The number of carbonyl (C=O) groups is 1. The van der Waals surface area contributed by atoms with Gasteiger partial charge in [-0.15, -0.1) is 0 Å². The number of nitrogen functional groups attached to an aromatic ring is 1. The molecule has 14 heavy (non-hydrogen) atoms. The maximum absolute atomic E-state index is 10.7. The highest BCUT2D eigenvalue weighted by molar-refractivity contribution is 5.79. The molecule has 0 aromatic heterocycles. The molecule has 1 aromatic carbocycles. The fraction of sp³-hybridized carbons (Fsp3) is 0.300. The van der Waals surface area contributed by atoms with Crippen LogP contribution in [-0.2, 0) is 4.79 Å². The molecule has 0 aliphatic rings.